The van der Waals surface area contributed by atoms with Crippen LogP contribution < -0.4 is 0 Å². The van der Waals surface area contributed by atoms with Crippen molar-refractivity contribution in [3.8, 4) is 0 Å². The second-order valence-electron chi connectivity index (χ2n) is 6.57. The number of ether oxygens (including phenoxy) is 3. The Bertz CT molecular complexity index is 600. The summed E-state index contributed by atoms with van der Waals surface area (Å²) >= 11 is 1.64. The second-order valence-corrected chi connectivity index (χ2v) is 7.74. The van der Waals surface area contributed by atoms with E-state index in [4.69, 9.17) is 14.2 Å². The molecule has 1 aliphatic rings. The average Bonchev–Trinajstić information content (AvgIpc) is 2.54. The number of hydrogen-bond acceptors (Lipinski definition) is 6. The monoisotopic (exact) mass is 366 g/mol. The fraction of sp³-hybridized carbons (Fsp3) is 0.579. The predicted octanol–water partition coefficient (Wildman–Crippen LogP) is 3.58. The molecular weight excluding hydrogens is 340 g/mol. The lowest BCUT2D eigenvalue weighted by molar-refractivity contribution is -0.191. The minimum absolute atomic E-state index is 0.0787. The SMILES string of the molecule is CC(=O)OCC1O[C@@H](Sc2ccc(C)cc2)C(C)[C@@H](C)[C@H]1OC(C)=O. The van der Waals surface area contributed by atoms with Crippen molar-refractivity contribution in [2.75, 3.05) is 6.61 Å². The third-order valence-corrected chi connectivity index (χ3v) is 5.80. The van der Waals surface area contributed by atoms with Crippen LogP contribution in [0.15, 0.2) is 29.2 Å². The van der Waals surface area contributed by atoms with E-state index in [1.807, 2.05) is 6.92 Å². The Kier molecular flexibility index (Phi) is 6.90. The van der Waals surface area contributed by atoms with Gasteiger partial charge in [0.05, 0.1) is 0 Å². The molecule has 6 heteroatoms. The van der Waals surface area contributed by atoms with Gasteiger partial charge >= 0.3 is 11.9 Å². The van der Waals surface area contributed by atoms with E-state index < -0.39 is 12.2 Å². The first-order valence-corrected chi connectivity index (χ1v) is 9.35. The summed E-state index contributed by atoms with van der Waals surface area (Å²) in [7, 11) is 0. The number of aryl methyl sites for hydroxylation is 1. The Labute approximate surface area is 153 Å². The molecule has 0 spiro atoms. The molecule has 1 heterocycles. The summed E-state index contributed by atoms with van der Waals surface area (Å²) in [6, 6.07) is 8.27. The first-order valence-electron chi connectivity index (χ1n) is 8.47. The van der Waals surface area contributed by atoms with Crippen molar-refractivity contribution < 1.29 is 23.8 Å². The first-order chi connectivity index (χ1) is 11.8. The maximum absolute atomic E-state index is 11.5. The van der Waals surface area contributed by atoms with Crippen molar-refractivity contribution in [3.05, 3.63) is 29.8 Å². The molecule has 0 saturated carbocycles. The average molecular weight is 366 g/mol. The number of rotatable bonds is 5. The van der Waals surface area contributed by atoms with E-state index in [0.29, 0.717) is 0 Å². The van der Waals surface area contributed by atoms with Gasteiger partial charge in [0.15, 0.2) is 0 Å². The lowest BCUT2D eigenvalue weighted by Gasteiger charge is -2.43. The van der Waals surface area contributed by atoms with Crippen molar-refractivity contribution in [1.82, 2.24) is 0 Å². The zero-order valence-electron chi connectivity index (χ0n) is 15.4. The topological polar surface area (TPSA) is 61.8 Å². The van der Waals surface area contributed by atoms with Crippen LogP contribution in [0.5, 0.6) is 0 Å². The van der Waals surface area contributed by atoms with Crippen LogP contribution in [0.2, 0.25) is 0 Å². The molecule has 5 atom stereocenters. The van der Waals surface area contributed by atoms with E-state index in [0.717, 1.165) is 4.90 Å². The van der Waals surface area contributed by atoms with Crippen LogP contribution in [-0.4, -0.2) is 36.2 Å². The molecule has 0 bridgehead atoms. The summed E-state index contributed by atoms with van der Waals surface area (Å²) in [5.41, 5.74) is 1.10. The molecule has 1 aromatic carbocycles. The normalized spacial score (nSPS) is 29.1. The summed E-state index contributed by atoms with van der Waals surface area (Å²) in [6.07, 6.45) is -0.899. The summed E-state index contributed by atoms with van der Waals surface area (Å²) in [6.45, 7) is 9.01. The number of carbonyl (C=O) groups is 2. The van der Waals surface area contributed by atoms with Gasteiger partial charge in [-0.25, -0.2) is 0 Å². The molecule has 0 amide bonds. The Morgan fingerprint density at radius 2 is 1.72 bits per heavy atom. The van der Waals surface area contributed by atoms with E-state index in [2.05, 4.69) is 38.1 Å². The Hall–Kier alpha value is -1.53. The van der Waals surface area contributed by atoms with Gasteiger partial charge in [0, 0.05) is 24.7 Å². The largest absolute Gasteiger partial charge is 0.463 e. The predicted molar refractivity (Wildman–Crippen MR) is 96.2 cm³/mol. The molecule has 1 saturated heterocycles. The van der Waals surface area contributed by atoms with Gasteiger partial charge in [-0.3, -0.25) is 9.59 Å². The number of hydrogen-bond donors (Lipinski definition) is 0. The number of esters is 2. The molecule has 5 nitrogen and oxygen atoms in total. The smallest absolute Gasteiger partial charge is 0.303 e. The van der Waals surface area contributed by atoms with Crippen molar-refractivity contribution >= 4 is 23.7 Å². The number of carbonyl (C=O) groups excluding carboxylic acids is 2. The highest BCUT2D eigenvalue weighted by Crippen LogP contribution is 2.40. The third-order valence-electron chi connectivity index (χ3n) is 4.48. The molecular formula is C19H26O5S. The van der Waals surface area contributed by atoms with Crippen molar-refractivity contribution in [2.24, 2.45) is 11.8 Å². The van der Waals surface area contributed by atoms with E-state index in [1.165, 1.54) is 19.4 Å². The van der Waals surface area contributed by atoms with Crippen LogP contribution in [0.3, 0.4) is 0 Å². The van der Waals surface area contributed by atoms with Gasteiger partial charge < -0.3 is 14.2 Å². The summed E-state index contributed by atoms with van der Waals surface area (Å²) in [5, 5.41) is 0. The summed E-state index contributed by atoms with van der Waals surface area (Å²) in [4.78, 5) is 23.8. The Morgan fingerprint density at radius 3 is 2.28 bits per heavy atom. The molecule has 138 valence electrons. The summed E-state index contributed by atoms with van der Waals surface area (Å²) < 4.78 is 16.8. The molecule has 0 N–H and O–H groups in total. The molecule has 2 unspecified atom stereocenters. The van der Waals surface area contributed by atoms with Gasteiger partial charge in [0.2, 0.25) is 0 Å². The van der Waals surface area contributed by atoms with Crippen LogP contribution in [0.1, 0.15) is 33.3 Å². The highest BCUT2D eigenvalue weighted by Gasteiger charge is 2.44. The summed E-state index contributed by atoms with van der Waals surface area (Å²) in [5.74, 6) is -0.477. The minimum atomic E-state index is -0.470. The van der Waals surface area contributed by atoms with Crippen LogP contribution in [0.25, 0.3) is 0 Å². The van der Waals surface area contributed by atoms with Gasteiger partial charge in [0.1, 0.15) is 24.3 Å². The van der Waals surface area contributed by atoms with Gasteiger partial charge in [-0.15, -0.1) is 0 Å². The second kappa shape index (κ2) is 8.72. The standard InChI is InChI=1S/C19H26O5S/c1-11-6-8-16(9-7-11)25-19-13(3)12(2)18(23-15(5)21)17(24-19)10-22-14(4)20/h6-9,12-13,17-19H,10H2,1-5H3/t12-,13?,17?,18-,19+/m1/s1. The van der Waals surface area contributed by atoms with Crippen LogP contribution in [0, 0.1) is 18.8 Å². The van der Waals surface area contributed by atoms with Crippen molar-refractivity contribution in [2.45, 2.75) is 57.2 Å². The van der Waals surface area contributed by atoms with Crippen molar-refractivity contribution in [3.63, 3.8) is 0 Å². The van der Waals surface area contributed by atoms with E-state index in [9.17, 15) is 9.59 Å². The minimum Gasteiger partial charge on any atom is -0.463 e. The first kappa shape index (κ1) is 19.8. The highest BCUT2D eigenvalue weighted by molar-refractivity contribution is 7.99. The molecule has 25 heavy (non-hydrogen) atoms. The zero-order valence-corrected chi connectivity index (χ0v) is 16.2. The maximum atomic E-state index is 11.5. The zero-order chi connectivity index (χ0) is 18.6. The quantitative estimate of drug-likeness (QED) is 0.742. The maximum Gasteiger partial charge on any atom is 0.303 e. The molecule has 0 aliphatic carbocycles. The molecule has 0 aromatic heterocycles. The van der Waals surface area contributed by atoms with Gasteiger partial charge in [-0.1, -0.05) is 43.3 Å². The molecule has 0 radical (unpaired) electrons. The molecule has 1 fully saturated rings. The van der Waals surface area contributed by atoms with E-state index >= 15 is 0 Å². The number of benzene rings is 1. The van der Waals surface area contributed by atoms with Crippen molar-refractivity contribution in [1.29, 1.82) is 0 Å². The fourth-order valence-electron chi connectivity index (χ4n) is 2.85. The van der Waals surface area contributed by atoms with Crippen LogP contribution >= 0.6 is 11.8 Å². The third kappa shape index (κ3) is 5.47. The molecule has 1 aliphatic heterocycles. The van der Waals surface area contributed by atoms with Crippen LogP contribution in [0.4, 0.5) is 0 Å². The molecule has 2 rings (SSSR count). The van der Waals surface area contributed by atoms with Crippen LogP contribution in [-0.2, 0) is 23.8 Å². The van der Waals surface area contributed by atoms with E-state index in [1.54, 1.807) is 11.8 Å². The lowest BCUT2D eigenvalue weighted by atomic mass is 9.85. The van der Waals surface area contributed by atoms with E-state index in [-0.39, 0.29) is 35.8 Å². The molecule has 1 aromatic rings. The van der Waals surface area contributed by atoms with Gasteiger partial charge in [-0.2, -0.15) is 0 Å². The Balaban J connectivity index is 2.14. The van der Waals surface area contributed by atoms with Gasteiger partial charge in [-0.05, 0) is 25.0 Å². The fourth-order valence-corrected chi connectivity index (χ4v) is 4.08. The van der Waals surface area contributed by atoms with Gasteiger partial charge in [0.25, 0.3) is 0 Å². The lowest BCUT2D eigenvalue weighted by Crippen LogP contribution is -2.51. The highest BCUT2D eigenvalue weighted by atomic mass is 32.2. The number of thioether (sulfide) groups is 1. The Morgan fingerprint density at radius 1 is 1.08 bits per heavy atom.